The summed E-state index contributed by atoms with van der Waals surface area (Å²) in [7, 11) is 0. The molecule has 206 valence electrons. The molecule has 44 heavy (non-hydrogen) atoms. The molecule has 0 saturated heterocycles. The Kier molecular flexibility index (Phi) is 4.66. The van der Waals surface area contributed by atoms with E-state index in [1.807, 2.05) is 42.6 Å². The number of aromatic nitrogens is 1. The molecular formula is C39H22N2O3. The molecule has 0 spiro atoms. The monoisotopic (exact) mass is 566 g/mol. The molecule has 5 nitrogen and oxygen atoms in total. The Morgan fingerprint density at radius 2 is 0.955 bits per heavy atom. The van der Waals surface area contributed by atoms with Gasteiger partial charge in [0, 0.05) is 55.6 Å². The van der Waals surface area contributed by atoms with Crippen LogP contribution in [-0.4, -0.2) is 4.98 Å². The van der Waals surface area contributed by atoms with Gasteiger partial charge in [-0.25, -0.2) is 0 Å². The van der Waals surface area contributed by atoms with Gasteiger partial charge in [0.05, 0.1) is 0 Å². The molecule has 0 aliphatic heterocycles. The predicted octanol–water partition coefficient (Wildman–Crippen LogP) is 11.4. The van der Waals surface area contributed by atoms with Gasteiger partial charge in [0.1, 0.15) is 33.4 Å². The van der Waals surface area contributed by atoms with Gasteiger partial charge in [-0.1, -0.05) is 48.5 Å². The number of hydrogen-bond donors (Lipinski definition) is 0. The maximum Gasteiger partial charge on any atom is 0.153 e. The zero-order valence-electron chi connectivity index (χ0n) is 23.3. The van der Waals surface area contributed by atoms with Crippen LogP contribution in [0.2, 0.25) is 0 Å². The van der Waals surface area contributed by atoms with Crippen LogP contribution in [-0.2, 0) is 0 Å². The maximum absolute atomic E-state index is 6.40. The van der Waals surface area contributed by atoms with Crippen LogP contribution in [0.1, 0.15) is 0 Å². The average molecular weight is 567 g/mol. The Morgan fingerprint density at radius 3 is 1.64 bits per heavy atom. The van der Waals surface area contributed by atoms with E-state index in [1.165, 1.54) is 0 Å². The van der Waals surface area contributed by atoms with Crippen LogP contribution < -0.4 is 4.90 Å². The number of benzene rings is 6. The lowest BCUT2D eigenvalue weighted by molar-refractivity contribution is 0.668. The summed E-state index contributed by atoms with van der Waals surface area (Å²) in [4.78, 5) is 6.90. The maximum atomic E-state index is 6.40. The smallest absolute Gasteiger partial charge is 0.153 e. The first-order valence-corrected chi connectivity index (χ1v) is 14.6. The Hall–Kier alpha value is -6.07. The molecule has 0 aliphatic carbocycles. The summed E-state index contributed by atoms with van der Waals surface area (Å²) in [6, 6.07) is 43.9. The van der Waals surface area contributed by atoms with Crippen molar-refractivity contribution in [2.75, 3.05) is 4.90 Å². The van der Waals surface area contributed by atoms with Crippen LogP contribution >= 0.6 is 0 Å². The predicted molar refractivity (Wildman–Crippen MR) is 178 cm³/mol. The second kappa shape index (κ2) is 8.72. The summed E-state index contributed by atoms with van der Waals surface area (Å²) in [5.74, 6) is 0. The summed E-state index contributed by atoms with van der Waals surface area (Å²) in [6.45, 7) is 0. The first-order chi connectivity index (χ1) is 21.8. The van der Waals surface area contributed by atoms with E-state index in [2.05, 4.69) is 101 Å². The van der Waals surface area contributed by atoms with Crippen LogP contribution in [0, 0.1) is 0 Å². The average Bonchev–Trinajstić information content (AvgIpc) is 3.76. The van der Waals surface area contributed by atoms with Gasteiger partial charge in [0.2, 0.25) is 0 Å². The highest BCUT2D eigenvalue weighted by Crippen LogP contribution is 2.43. The first-order valence-electron chi connectivity index (χ1n) is 14.6. The third-order valence-electron chi connectivity index (χ3n) is 8.69. The number of fused-ring (bicyclic) bond motifs is 11. The van der Waals surface area contributed by atoms with E-state index in [4.69, 9.17) is 13.3 Å². The van der Waals surface area contributed by atoms with Crippen molar-refractivity contribution in [1.29, 1.82) is 0 Å². The molecule has 0 bridgehead atoms. The van der Waals surface area contributed by atoms with Crippen molar-refractivity contribution in [3.05, 3.63) is 134 Å². The van der Waals surface area contributed by atoms with Crippen molar-refractivity contribution in [2.45, 2.75) is 0 Å². The van der Waals surface area contributed by atoms with Crippen LogP contribution in [0.4, 0.5) is 17.1 Å². The standard InChI is InChI=1S/C39H22N2O3/c1-3-8-33-27(6-1)31-21-25(14-17-35(31)42-33)41(26-15-18-36-32(22-26)28-7-2-4-9-34(28)43-36)24-13-11-23-12-16-29-38-37(10-5-19-40-38)44-39(29)30(23)20-24/h1-22H. The van der Waals surface area contributed by atoms with E-state index in [0.717, 1.165) is 93.8 Å². The number of hydrogen-bond acceptors (Lipinski definition) is 5. The van der Waals surface area contributed by atoms with E-state index in [9.17, 15) is 0 Å². The van der Waals surface area contributed by atoms with E-state index in [0.29, 0.717) is 0 Å². The number of pyridine rings is 1. The molecule has 0 unspecified atom stereocenters. The number of rotatable bonds is 3. The van der Waals surface area contributed by atoms with E-state index >= 15 is 0 Å². The molecule has 0 amide bonds. The summed E-state index contributed by atoms with van der Waals surface area (Å²) >= 11 is 0. The lowest BCUT2D eigenvalue weighted by Crippen LogP contribution is -2.09. The molecule has 0 radical (unpaired) electrons. The van der Waals surface area contributed by atoms with Crippen LogP contribution in [0.25, 0.3) is 76.7 Å². The first kappa shape index (κ1) is 23.5. The van der Waals surface area contributed by atoms with Gasteiger partial charge in [0.15, 0.2) is 5.58 Å². The molecule has 0 aliphatic rings. The van der Waals surface area contributed by atoms with Crippen molar-refractivity contribution in [3.63, 3.8) is 0 Å². The quantitative estimate of drug-likeness (QED) is 0.213. The molecular weight excluding hydrogens is 544 g/mol. The summed E-state index contributed by atoms with van der Waals surface area (Å²) < 4.78 is 18.8. The minimum absolute atomic E-state index is 0.784. The molecule has 10 aromatic rings. The van der Waals surface area contributed by atoms with Gasteiger partial charge in [-0.05, 0) is 84.2 Å². The highest BCUT2D eigenvalue weighted by molar-refractivity contribution is 6.15. The zero-order chi connectivity index (χ0) is 28.8. The summed E-state index contributed by atoms with van der Waals surface area (Å²) in [5, 5.41) is 7.48. The Balaban J connectivity index is 1.26. The number of furan rings is 3. The molecule has 4 aromatic heterocycles. The second-order valence-electron chi connectivity index (χ2n) is 11.2. The van der Waals surface area contributed by atoms with Gasteiger partial charge in [-0.2, -0.15) is 0 Å². The molecule has 0 fully saturated rings. The molecule has 4 heterocycles. The van der Waals surface area contributed by atoms with E-state index in [1.54, 1.807) is 0 Å². The molecule has 0 N–H and O–H groups in total. The fourth-order valence-electron chi connectivity index (χ4n) is 6.65. The second-order valence-corrected chi connectivity index (χ2v) is 11.2. The summed E-state index contributed by atoms with van der Waals surface area (Å²) in [5.41, 5.74) is 9.04. The molecule has 10 rings (SSSR count). The van der Waals surface area contributed by atoms with Gasteiger partial charge >= 0.3 is 0 Å². The fourth-order valence-corrected chi connectivity index (χ4v) is 6.65. The lowest BCUT2D eigenvalue weighted by atomic mass is 10.0. The number of anilines is 3. The van der Waals surface area contributed by atoms with Gasteiger partial charge in [0.25, 0.3) is 0 Å². The van der Waals surface area contributed by atoms with Gasteiger partial charge in [-0.3, -0.25) is 4.98 Å². The molecule has 6 aromatic carbocycles. The Bertz CT molecular complexity index is 2630. The van der Waals surface area contributed by atoms with Crippen LogP contribution in [0.5, 0.6) is 0 Å². The minimum Gasteiger partial charge on any atom is -0.456 e. The molecule has 5 heteroatoms. The lowest BCUT2D eigenvalue weighted by Gasteiger charge is -2.26. The van der Waals surface area contributed by atoms with Crippen LogP contribution in [0.3, 0.4) is 0 Å². The zero-order valence-corrected chi connectivity index (χ0v) is 23.3. The third kappa shape index (κ3) is 3.32. The van der Waals surface area contributed by atoms with Crippen LogP contribution in [0.15, 0.2) is 147 Å². The highest BCUT2D eigenvalue weighted by atomic mass is 16.3. The highest BCUT2D eigenvalue weighted by Gasteiger charge is 2.19. The Morgan fingerprint density at radius 1 is 0.409 bits per heavy atom. The SMILES string of the molecule is c1ccc2c(c1)oc1ccc(N(c3ccc4oc5ccccc5c4c3)c3ccc4ccc5c6ncccc6oc5c4c3)cc12. The topological polar surface area (TPSA) is 55.6 Å². The van der Waals surface area contributed by atoms with E-state index in [-0.39, 0.29) is 0 Å². The minimum atomic E-state index is 0.784. The van der Waals surface area contributed by atoms with Crippen molar-refractivity contribution >= 4 is 93.8 Å². The van der Waals surface area contributed by atoms with Gasteiger partial charge < -0.3 is 18.2 Å². The van der Waals surface area contributed by atoms with Crippen molar-refractivity contribution in [2.24, 2.45) is 0 Å². The van der Waals surface area contributed by atoms with Crippen molar-refractivity contribution < 1.29 is 13.3 Å². The largest absolute Gasteiger partial charge is 0.456 e. The molecule has 0 atom stereocenters. The summed E-state index contributed by atoms with van der Waals surface area (Å²) in [6.07, 6.45) is 1.81. The Labute approximate surface area is 250 Å². The number of para-hydroxylation sites is 2. The molecule has 0 saturated carbocycles. The number of nitrogens with zero attached hydrogens (tertiary/aromatic N) is 2. The van der Waals surface area contributed by atoms with Gasteiger partial charge in [-0.15, -0.1) is 0 Å². The van der Waals surface area contributed by atoms with E-state index < -0.39 is 0 Å². The third-order valence-corrected chi connectivity index (χ3v) is 8.69. The normalized spacial score (nSPS) is 12.1. The van der Waals surface area contributed by atoms with Crippen molar-refractivity contribution in [3.8, 4) is 0 Å². The fraction of sp³-hybridized carbons (Fsp3) is 0. The van der Waals surface area contributed by atoms with Crippen molar-refractivity contribution in [1.82, 2.24) is 4.98 Å².